The molecule has 0 aromatic rings. The molecule has 4 N–H and O–H groups in total. The third kappa shape index (κ3) is 72.1. The molecule has 7 nitrogen and oxygen atoms in total. The minimum Gasteiger partial charge on any atom is -0.855 e. The summed E-state index contributed by atoms with van der Waals surface area (Å²) in [5, 5.41) is 36.7. The molecule has 0 bridgehead atoms. The van der Waals surface area contributed by atoms with Crippen molar-refractivity contribution in [3.8, 4) is 0 Å². The second kappa shape index (κ2) is 36.1. The van der Waals surface area contributed by atoms with Crippen molar-refractivity contribution in [1.82, 2.24) is 0 Å². The Hall–Kier alpha value is -0.0157. The van der Waals surface area contributed by atoms with Crippen LogP contribution < -0.4 is 31.9 Å². The van der Waals surface area contributed by atoms with Gasteiger partial charge in [-0.2, -0.15) is 0 Å². The first-order valence-corrected chi connectivity index (χ1v) is 5.83. The van der Waals surface area contributed by atoms with E-state index in [9.17, 15) is 9.90 Å². The number of hydrogen-bond acceptors (Lipinski definition) is 7. The molecule has 0 heterocycles. The van der Waals surface area contributed by atoms with Crippen LogP contribution in [0, 0.1) is 0 Å². The van der Waals surface area contributed by atoms with Gasteiger partial charge in [0.15, 0.2) is 0 Å². The fraction of sp³-hybridized carbons (Fsp3) is 0.909. The molecule has 0 aliphatic rings. The van der Waals surface area contributed by atoms with Gasteiger partial charge in [0.2, 0.25) is 0 Å². The van der Waals surface area contributed by atoms with E-state index < -0.39 is 12.0 Å². The number of carboxylic acids is 1. The molecule has 1 unspecified atom stereocenters. The van der Waals surface area contributed by atoms with Crippen molar-refractivity contribution >= 4 is 5.97 Å². The summed E-state index contributed by atoms with van der Waals surface area (Å²) in [6.07, 6.45) is 1.04. The van der Waals surface area contributed by atoms with Crippen LogP contribution in [0.3, 0.4) is 0 Å². The second-order valence-electron chi connectivity index (χ2n) is 2.72. The molecule has 0 rings (SSSR count). The molecule has 114 valence electrons. The van der Waals surface area contributed by atoms with Crippen LogP contribution in [0.25, 0.3) is 0 Å². The van der Waals surface area contributed by atoms with Crippen LogP contribution in [0.2, 0.25) is 0 Å². The summed E-state index contributed by atoms with van der Waals surface area (Å²) in [6, 6.07) is -0.853. The van der Waals surface area contributed by atoms with Crippen molar-refractivity contribution in [2.45, 2.75) is 39.7 Å². The Bertz CT molecular complexity index is 137. The summed E-state index contributed by atoms with van der Waals surface area (Å²) in [7, 11) is 0. The molecule has 0 aliphatic carbocycles. The molecule has 0 fully saturated rings. The van der Waals surface area contributed by atoms with Crippen molar-refractivity contribution in [2.75, 3.05) is 26.4 Å². The van der Waals surface area contributed by atoms with Crippen LogP contribution in [0.1, 0.15) is 33.6 Å². The third-order valence-corrected chi connectivity index (χ3v) is 1.02. The average Bonchev–Trinajstić information content (AvgIpc) is 2.29. The fourth-order valence-electron chi connectivity index (χ4n) is 0.456. The second-order valence-corrected chi connectivity index (χ2v) is 2.72. The largest absolute Gasteiger partial charge is 4.00 e. The van der Waals surface area contributed by atoms with E-state index in [2.05, 4.69) is 0 Å². The molecular weight excluding hydrogens is 288 g/mol. The number of nitrogens with two attached hydrogens (primary N) is 2. The maximum absolute atomic E-state index is 9.93. The monoisotopic (exact) mass is 314 g/mol. The van der Waals surface area contributed by atoms with Crippen LogP contribution in [0.4, 0.5) is 0 Å². The zero-order valence-electron chi connectivity index (χ0n) is 12.0. The van der Waals surface area contributed by atoms with Crippen molar-refractivity contribution in [1.29, 1.82) is 0 Å². The molecule has 8 heteroatoms. The molecule has 0 saturated carbocycles. The van der Waals surface area contributed by atoms with E-state index in [-0.39, 0.29) is 41.5 Å². The first-order valence-electron chi connectivity index (χ1n) is 5.83. The number of carbonyl (C=O) groups is 1. The summed E-state index contributed by atoms with van der Waals surface area (Å²) in [5.41, 5.74) is 10.2. The van der Waals surface area contributed by atoms with Crippen molar-refractivity contribution in [3.05, 3.63) is 0 Å². The normalized spacial score (nSPS) is 9.05. The summed E-state index contributed by atoms with van der Waals surface area (Å²) < 4.78 is 0. The average molecular weight is 314 g/mol. The molecule has 1 atom stereocenters. The van der Waals surface area contributed by atoms with Crippen LogP contribution in [0.15, 0.2) is 0 Å². The van der Waals surface area contributed by atoms with Crippen molar-refractivity contribution in [2.24, 2.45) is 11.5 Å². The molecule has 0 amide bonds. The van der Waals surface area contributed by atoms with Crippen molar-refractivity contribution < 1.29 is 46.9 Å². The molecule has 0 aromatic heterocycles. The van der Waals surface area contributed by atoms with E-state index in [1.54, 1.807) is 20.8 Å². The molecule has 0 radical (unpaired) electrons. The van der Waals surface area contributed by atoms with Gasteiger partial charge in [-0.25, -0.2) is 0 Å². The Kier molecular flexibility index (Phi) is 59.7. The summed E-state index contributed by atoms with van der Waals surface area (Å²) in [6.45, 7) is 5.18. The van der Waals surface area contributed by atoms with E-state index in [4.69, 9.17) is 26.8 Å². The van der Waals surface area contributed by atoms with Gasteiger partial charge in [-0.05, 0) is 19.4 Å². The molecular formula is C11H26N2O5Ti. The Labute approximate surface area is 130 Å². The Balaban J connectivity index is -0.0000000548. The van der Waals surface area contributed by atoms with Gasteiger partial charge >= 0.3 is 21.7 Å². The van der Waals surface area contributed by atoms with Gasteiger partial charge in [0.1, 0.15) is 0 Å². The molecule has 0 aromatic carbocycles. The number of aliphatic carboxylic acids is 1. The van der Waals surface area contributed by atoms with Crippen molar-refractivity contribution in [3.63, 3.8) is 0 Å². The summed E-state index contributed by atoms with van der Waals surface area (Å²) in [4.78, 5) is 9.93. The number of carbonyl (C=O) groups excluding carboxylic acids is 1. The van der Waals surface area contributed by atoms with Crippen LogP contribution in [0.5, 0.6) is 0 Å². The minimum atomic E-state index is -1.21. The summed E-state index contributed by atoms with van der Waals surface area (Å²) >= 11 is 0. The van der Waals surface area contributed by atoms with Gasteiger partial charge in [0.05, 0.1) is 5.97 Å². The number of carboxylic acid groups (broad SMARTS) is 1. The molecule has 19 heavy (non-hydrogen) atoms. The maximum Gasteiger partial charge on any atom is 4.00 e. The standard InChI is InChI=1S/C5H12N2O2.3C2H5O.Ti/c6-3-1-2-4(7)5(8)9;3*1-2-3;/h4H,1-3,6-7H2,(H,8,9);3*2H2,1H3;/q;3*-1;+4/p-1. The van der Waals surface area contributed by atoms with E-state index in [0.29, 0.717) is 19.4 Å². The van der Waals surface area contributed by atoms with Gasteiger partial charge in [0, 0.05) is 6.04 Å². The Morgan fingerprint density at radius 3 is 1.47 bits per heavy atom. The third-order valence-electron chi connectivity index (χ3n) is 1.02. The van der Waals surface area contributed by atoms with E-state index in [1.165, 1.54) is 0 Å². The van der Waals surface area contributed by atoms with Gasteiger partial charge in [-0.1, -0.05) is 20.8 Å². The van der Waals surface area contributed by atoms with Crippen LogP contribution in [-0.4, -0.2) is 38.4 Å². The zero-order valence-corrected chi connectivity index (χ0v) is 13.6. The zero-order chi connectivity index (χ0) is 15.4. The molecule has 0 saturated heterocycles. The van der Waals surface area contributed by atoms with E-state index >= 15 is 0 Å². The van der Waals surface area contributed by atoms with Gasteiger partial charge in [0.25, 0.3) is 0 Å². The predicted molar refractivity (Wildman–Crippen MR) is 62.9 cm³/mol. The molecule has 0 spiro atoms. The topological polar surface area (TPSA) is 161 Å². The maximum atomic E-state index is 9.93. The van der Waals surface area contributed by atoms with Gasteiger partial charge < -0.3 is 36.7 Å². The van der Waals surface area contributed by atoms with Gasteiger partial charge in [-0.15, -0.1) is 19.8 Å². The van der Waals surface area contributed by atoms with Crippen LogP contribution >= 0.6 is 0 Å². The number of rotatable bonds is 4. The first kappa shape index (κ1) is 31.4. The minimum absolute atomic E-state index is 0. The van der Waals surface area contributed by atoms with E-state index in [1.807, 2.05) is 0 Å². The molecule has 0 aliphatic heterocycles. The Morgan fingerprint density at radius 2 is 1.32 bits per heavy atom. The van der Waals surface area contributed by atoms with E-state index in [0.717, 1.165) is 0 Å². The quantitative estimate of drug-likeness (QED) is 0.498. The Morgan fingerprint density at radius 1 is 1.05 bits per heavy atom. The van der Waals surface area contributed by atoms with Gasteiger partial charge in [-0.3, -0.25) is 0 Å². The SMILES string of the molecule is CC[O-].CC[O-].CC[O-].NCCCC(N)C(=O)[O-].[Ti+4]. The van der Waals surface area contributed by atoms with Crippen LogP contribution in [-0.2, 0) is 26.5 Å². The first-order chi connectivity index (χ1) is 8.42. The predicted octanol–water partition coefficient (Wildman–Crippen LogP) is -4.10. The number of hydrogen-bond donors (Lipinski definition) is 2. The smallest absolute Gasteiger partial charge is 0.855 e. The fourth-order valence-corrected chi connectivity index (χ4v) is 0.456. The summed E-state index contributed by atoms with van der Waals surface area (Å²) in [5.74, 6) is -1.21.